The first-order chi connectivity index (χ1) is 11.7. The molecule has 0 spiro atoms. The summed E-state index contributed by atoms with van der Waals surface area (Å²) >= 11 is 0. The summed E-state index contributed by atoms with van der Waals surface area (Å²) in [5.74, 6) is 0.0934. The molecule has 0 atom stereocenters. The van der Waals surface area contributed by atoms with Crippen LogP contribution in [0.2, 0.25) is 0 Å². The number of ketones is 1. The highest BCUT2D eigenvalue weighted by Gasteiger charge is 2.21. The molecule has 24 heavy (non-hydrogen) atoms. The summed E-state index contributed by atoms with van der Waals surface area (Å²) in [6, 6.07) is 7.64. The molecule has 1 aliphatic heterocycles. The average Bonchev–Trinajstić information content (AvgIpc) is 2.67. The number of hydrogen-bond donors (Lipinski definition) is 1. The van der Waals surface area contributed by atoms with E-state index in [2.05, 4.69) is 10.2 Å². The highest BCUT2D eigenvalue weighted by Crippen LogP contribution is 2.23. The number of benzene rings is 1. The Labute approximate surface area is 143 Å². The van der Waals surface area contributed by atoms with Crippen LogP contribution in [0, 0.1) is 5.92 Å². The maximum absolute atomic E-state index is 12.3. The lowest BCUT2D eigenvalue weighted by atomic mass is 9.88. The van der Waals surface area contributed by atoms with Crippen molar-refractivity contribution in [3.05, 3.63) is 29.8 Å². The van der Waals surface area contributed by atoms with Gasteiger partial charge in [0.25, 0.3) is 0 Å². The number of carbonyl (C=O) groups excluding carboxylic acids is 2. The van der Waals surface area contributed by atoms with Crippen LogP contribution < -0.4 is 10.2 Å². The van der Waals surface area contributed by atoms with E-state index in [1.165, 1.54) is 6.42 Å². The molecule has 1 aromatic rings. The fraction of sp³-hybridized carbons (Fsp3) is 0.579. The Morgan fingerprint density at radius 2 is 1.71 bits per heavy atom. The molecule has 1 aliphatic carbocycles. The topological polar surface area (TPSA) is 58.6 Å². The molecular formula is C19H26N2O3. The van der Waals surface area contributed by atoms with Crippen LogP contribution in [0.5, 0.6) is 0 Å². The van der Waals surface area contributed by atoms with E-state index < -0.39 is 0 Å². The van der Waals surface area contributed by atoms with Gasteiger partial charge in [-0.1, -0.05) is 19.3 Å². The molecule has 0 unspecified atom stereocenters. The molecular weight excluding hydrogens is 304 g/mol. The molecule has 0 aromatic heterocycles. The largest absolute Gasteiger partial charge is 0.378 e. The molecule has 1 saturated heterocycles. The first kappa shape index (κ1) is 17.0. The van der Waals surface area contributed by atoms with E-state index >= 15 is 0 Å². The third kappa shape index (κ3) is 4.35. The second-order valence-electron chi connectivity index (χ2n) is 6.62. The van der Waals surface area contributed by atoms with Crippen LogP contribution in [-0.2, 0) is 9.53 Å². The Kier molecular flexibility index (Phi) is 5.86. The number of rotatable bonds is 5. The summed E-state index contributed by atoms with van der Waals surface area (Å²) in [5, 5.41) is 2.81. The minimum Gasteiger partial charge on any atom is -0.378 e. The molecule has 0 bridgehead atoms. The van der Waals surface area contributed by atoms with Crippen LogP contribution in [0.15, 0.2) is 24.3 Å². The highest BCUT2D eigenvalue weighted by molar-refractivity contribution is 5.99. The Bertz CT molecular complexity index is 558. The number of hydrogen-bond acceptors (Lipinski definition) is 4. The van der Waals surface area contributed by atoms with Crippen LogP contribution in [-0.4, -0.2) is 44.5 Å². The zero-order valence-corrected chi connectivity index (χ0v) is 14.1. The van der Waals surface area contributed by atoms with Crippen molar-refractivity contribution in [1.29, 1.82) is 0 Å². The fourth-order valence-corrected chi connectivity index (χ4v) is 3.46. The zero-order chi connectivity index (χ0) is 16.8. The minimum absolute atomic E-state index is 0.0345. The van der Waals surface area contributed by atoms with Gasteiger partial charge < -0.3 is 15.0 Å². The summed E-state index contributed by atoms with van der Waals surface area (Å²) < 4.78 is 5.35. The normalized spacial score (nSPS) is 19.1. The van der Waals surface area contributed by atoms with E-state index in [0.29, 0.717) is 5.56 Å². The Morgan fingerprint density at radius 3 is 2.38 bits per heavy atom. The Morgan fingerprint density at radius 1 is 1.04 bits per heavy atom. The van der Waals surface area contributed by atoms with Crippen molar-refractivity contribution in [1.82, 2.24) is 5.32 Å². The summed E-state index contributed by atoms with van der Waals surface area (Å²) in [6.07, 6.45) is 5.37. The van der Waals surface area contributed by atoms with Gasteiger partial charge >= 0.3 is 0 Å². The third-order valence-electron chi connectivity index (χ3n) is 4.96. The number of anilines is 1. The van der Waals surface area contributed by atoms with Crippen LogP contribution >= 0.6 is 0 Å². The standard InChI is InChI=1S/C19H26N2O3/c22-18(14-20-19(23)16-4-2-1-3-5-16)15-6-8-17(9-7-15)21-10-12-24-13-11-21/h6-9,16H,1-5,10-14H2,(H,20,23). The van der Waals surface area contributed by atoms with Gasteiger partial charge in [-0.05, 0) is 37.1 Å². The average molecular weight is 330 g/mol. The van der Waals surface area contributed by atoms with Gasteiger partial charge in [0.2, 0.25) is 5.91 Å². The number of carbonyl (C=O) groups is 2. The van der Waals surface area contributed by atoms with E-state index in [-0.39, 0.29) is 24.2 Å². The molecule has 3 rings (SSSR count). The van der Waals surface area contributed by atoms with Crippen molar-refractivity contribution in [2.24, 2.45) is 5.92 Å². The number of nitrogens with zero attached hydrogens (tertiary/aromatic N) is 1. The van der Waals surface area contributed by atoms with Gasteiger partial charge in [0, 0.05) is 30.3 Å². The van der Waals surface area contributed by atoms with E-state index in [1.54, 1.807) is 0 Å². The Balaban J connectivity index is 1.50. The second kappa shape index (κ2) is 8.29. The predicted molar refractivity (Wildman–Crippen MR) is 93.4 cm³/mol. The van der Waals surface area contributed by atoms with Gasteiger partial charge in [0.15, 0.2) is 5.78 Å². The van der Waals surface area contributed by atoms with Gasteiger partial charge in [-0.25, -0.2) is 0 Å². The lowest BCUT2D eigenvalue weighted by molar-refractivity contribution is -0.125. The quantitative estimate of drug-likeness (QED) is 0.842. The van der Waals surface area contributed by atoms with E-state index in [0.717, 1.165) is 57.7 Å². The molecule has 2 fully saturated rings. The van der Waals surface area contributed by atoms with Gasteiger partial charge in [-0.2, -0.15) is 0 Å². The van der Waals surface area contributed by atoms with Gasteiger partial charge in [0.05, 0.1) is 19.8 Å². The van der Waals surface area contributed by atoms with Crippen molar-refractivity contribution in [3.8, 4) is 0 Å². The molecule has 1 amide bonds. The molecule has 1 heterocycles. The second-order valence-corrected chi connectivity index (χ2v) is 6.62. The number of ether oxygens (including phenoxy) is 1. The first-order valence-electron chi connectivity index (χ1n) is 8.98. The van der Waals surface area contributed by atoms with Crippen LogP contribution in [0.4, 0.5) is 5.69 Å². The van der Waals surface area contributed by atoms with E-state index in [9.17, 15) is 9.59 Å². The lowest BCUT2D eigenvalue weighted by Gasteiger charge is -2.28. The third-order valence-corrected chi connectivity index (χ3v) is 4.96. The molecule has 5 heteroatoms. The first-order valence-corrected chi connectivity index (χ1v) is 8.98. The highest BCUT2D eigenvalue weighted by atomic mass is 16.5. The van der Waals surface area contributed by atoms with Crippen LogP contribution in [0.3, 0.4) is 0 Å². The van der Waals surface area contributed by atoms with Crippen molar-refractivity contribution in [2.45, 2.75) is 32.1 Å². The van der Waals surface area contributed by atoms with Gasteiger partial charge in [-0.15, -0.1) is 0 Å². The lowest BCUT2D eigenvalue weighted by Crippen LogP contribution is -2.36. The molecule has 1 saturated carbocycles. The molecule has 0 radical (unpaired) electrons. The monoisotopic (exact) mass is 330 g/mol. The zero-order valence-electron chi connectivity index (χ0n) is 14.1. The molecule has 2 aliphatic rings. The predicted octanol–water partition coefficient (Wildman–Crippen LogP) is 2.40. The summed E-state index contributed by atoms with van der Waals surface area (Å²) in [5.41, 5.74) is 1.76. The Hall–Kier alpha value is -1.88. The number of morpholine rings is 1. The van der Waals surface area contributed by atoms with Crippen LogP contribution in [0.1, 0.15) is 42.5 Å². The molecule has 130 valence electrons. The summed E-state index contributed by atoms with van der Waals surface area (Å²) in [4.78, 5) is 26.6. The van der Waals surface area contributed by atoms with Crippen molar-refractivity contribution < 1.29 is 14.3 Å². The number of amides is 1. The van der Waals surface area contributed by atoms with Gasteiger partial charge in [-0.3, -0.25) is 9.59 Å². The van der Waals surface area contributed by atoms with Crippen molar-refractivity contribution in [3.63, 3.8) is 0 Å². The van der Waals surface area contributed by atoms with E-state index in [4.69, 9.17) is 4.74 Å². The molecule has 1 aromatic carbocycles. The van der Waals surface area contributed by atoms with Crippen molar-refractivity contribution >= 4 is 17.4 Å². The smallest absolute Gasteiger partial charge is 0.223 e. The van der Waals surface area contributed by atoms with Crippen LogP contribution in [0.25, 0.3) is 0 Å². The maximum atomic E-state index is 12.3. The number of Topliss-reactive ketones (excluding diaryl/α,β-unsaturated/α-hetero) is 1. The molecule has 5 nitrogen and oxygen atoms in total. The minimum atomic E-state index is -0.0345. The SMILES string of the molecule is O=C(CNC(=O)C1CCCCC1)c1ccc(N2CCOCC2)cc1. The maximum Gasteiger partial charge on any atom is 0.223 e. The van der Waals surface area contributed by atoms with Gasteiger partial charge in [0.1, 0.15) is 0 Å². The number of nitrogens with one attached hydrogen (secondary N) is 1. The van der Waals surface area contributed by atoms with Crippen molar-refractivity contribution in [2.75, 3.05) is 37.7 Å². The fourth-order valence-electron chi connectivity index (χ4n) is 3.46. The van der Waals surface area contributed by atoms with E-state index in [1.807, 2.05) is 24.3 Å². The summed E-state index contributed by atoms with van der Waals surface area (Å²) in [7, 11) is 0. The molecule has 1 N–H and O–H groups in total. The summed E-state index contributed by atoms with van der Waals surface area (Å²) in [6.45, 7) is 3.34.